The Kier molecular flexibility index (Phi) is 3.73. The van der Waals surface area contributed by atoms with Gasteiger partial charge in [0.1, 0.15) is 0 Å². The maximum absolute atomic E-state index is 11.5. The highest BCUT2D eigenvalue weighted by Gasteiger charge is 2.47. The molecule has 1 saturated heterocycles. The van der Waals surface area contributed by atoms with Gasteiger partial charge in [-0.25, -0.2) is 4.98 Å². The summed E-state index contributed by atoms with van der Waals surface area (Å²) >= 11 is 1.65. The summed E-state index contributed by atoms with van der Waals surface area (Å²) in [4.78, 5) is 18.2. The molecule has 1 N–H and O–H groups in total. The molecule has 0 bridgehead atoms. The molecule has 1 aliphatic rings. The molecule has 0 aliphatic carbocycles. The number of nitrogens with zero attached hydrogens (tertiary/aromatic N) is 2. The Bertz CT molecular complexity index is 444. The first-order valence-electron chi connectivity index (χ1n) is 6.31. The van der Waals surface area contributed by atoms with Gasteiger partial charge in [0, 0.05) is 18.5 Å². The highest BCUT2D eigenvalue weighted by atomic mass is 32.1. The van der Waals surface area contributed by atoms with Crippen molar-refractivity contribution in [2.24, 2.45) is 11.3 Å². The largest absolute Gasteiger partial charge is 0.481 e. The summed E-state index contributed by atoms with van der Waals surface area (Å²) in [5, 5.41) is 12.6. The van der Waals surface area contributed by atoms with Crippen LogP contribution >= 0.6 is 11.3 Å². The summed E-state index contributed by atoms with van der Waals surface area (Å²) in [6.45, 7) is 8.26. The SMILES string of the molecule is Cc1nc(CN2CCC(C(=O)O)(C(C)C)C2)cs1. The summed E-state index contributed by atoms with van der Waals surface area (Å²) < 4.78 is 0. The third-order valence-electron chi connectivity index (χ3n) is 3.96. The van der Waals surface area contributed by atoms with Crippen molar-refractivity contribution in [1.82, 2.24) is 9.88 Å². The van der Waals surface area contributed by atoms with Gasteiger partial charge in [-0.15, -0.1) is 11.3 Å². The fourth-order valence-corrected chi connectivity index (χ4v) is 3.26. The van der Waals surface area contributed by atoms with Crippen LogP contribution in [-0.2, 0) is 11.3 Å². The van der Waals surface area contributed by atoms with Gasteiger partial charge in [-0.05, 0) is 25.8 Å². The Labute approximate surface area is 112 Å². The van der Waals surface area contributed by atoms with Gasteiger partial charge in [0.15, 0.2) is 0 Å². The van der Waals surface area contributed by atoms with E-state index < -0.39 is 11.4 Å². The molecule has 0 saturated carbocycles. The lowest BCUT2D eigenvalue weighted by Gasteiger charge is -2.28. The number of aryl methyl sites for hydroxylation is 1. The summed E-state index contributed by atoms with van der Waals surface area (Å²) in [6, 6.07) is 0. The van der Waals surface area contributed by atoms with Crippen LogP contribution in [-0.4, -0.2) is 34.0 Å². The molecule has 0 amide bonds. The third kappa shape index (κ3) is 2.42. The Morgan fingerprint density at radius 2 is 2.39 bits per heavy atom. The smallest absolute Gasteiger partial charge is 0.311 e. The van der Waals surface area contributed by atoms with E-state index in [-0.39, 0.29) is 5.92 Å². The second kappa shape index (κ2) is 4.97. The molecular weight excluding hydrogens is 248 g/mol. The van der Waals surface area contributed by atoms with Crippen molar-refractivity contribution in [2.75, 3.05) is 13.1 Å². The average molecular weight is 268 g/mol. The van der Waals surface area contributed by atoms with Gasteiger partial charge in [0.05, 0.1) is 16.1 Å². The summed E-state index contributed by atoms with van der Waals surface area (Å²) in [7, 11) is 0. The topological polar surface area (TPSA) is 53.4 Å². The van der Waals surface area contributed by atoms with Crippen molar-refractivity contribution in [2.45, 2.75) is 33.7 Å². The summed E-state index contributed by atoms with van der Waals surface area (Å²) in [5.74, 6) is -0.494. The van der Waals surface area contributed by atoms with Crippen molar-refractivity contribution < 1.29 is 9.90 Å². The molecule has 0 radical (unpaired) electrons. The number of rotatable bonds is 4. The van der Waals surface area contributed by atoms with Crippen molar-refractivity contribution in [3.63, 3.8) is 0 Å². The van der Waals surface area contributed by atoms with Crippen LogP contribution in [0.2, 0.25) is 0 Å². The minimum absolute atomic E-state index is 0.164. The first-order chi connectivity index (χ1) is 8.44. The van der Waals surface area contributed by atoms with Crippen LogP contribution in [0, 0.1) is 18.3 Å². The van der Waals surface area contributed by atoms with E-state index in [0.29, 0.717) is 6.54 Å². The molecule has 1 aromatic heterocycles. The molecular formula is C13H20N2O2S. The fraction of sp³-hybridized carbons (Fsp3) is 0.692. The maximum atomic E-state index is 11.5. The Balaban J connectivity index is 2.05. The molecule has 2 heterocycles. The van der Waals surface area contributed by atoms with Crippen molar-refractivity contribution in [1.29, 1.82) is 0 Å². The van der Waals surface area contributed by atoms with Gasteiger partial charge < -0.3 is 5.11 Å². The number of likely N-dealkylation sites (tertiary alicyclic amines) is 1. The Morgan fingerprint density at radius 3 is 2.83 bits per heavy atom. The van der Waals surface area contributed by atoms with Crippen molar-refractivity contribution in [3.8, 4) is 0 Å². The molecule has 0 spiro atoms. The Hall–Kier alpha value is -0.940. The van der Waals surface area contributed by atoms with Crippen LogP contribution in [0.3, 0.4) is 0 Å². The van der Waals surface area contributed by atoms with Crippen LogP contribution < -0.4 is 0 Å². The van der Waals surface area contributed by atoms with E-state index in [1.165, 1.54) is 0 Å². The van der Waals surface area contributed by atoms with E-state index in [1.807, 2.05) is 20.8 Å². The normalized spacial score (nSPS) is 24.9. The number of hydrogen-bond donors (Lipinski definition) is 1. The highest BCUT2D eigenvalue weighted by molar-refractivity contribution is 7.09. The van der Waals surface area contributed by atoms with Gasteiger partial charge in [-0.2, -0.15) is 0 Å². The average Bonchev–Trinajstić information content (AvgIpc) is 2.86. The molecule has 2 rings (SSSR count). The Morgan fingerprint density at radius 1 is 1.67 bits per heavy atom. The monoisotopic (exact) mass is 268 g/mol. The van der Waals surface area contributed by atoms with E-state index in [4.69, 9.17) is 0 Å². The van der Waals surface area contributed by atoms with Crippen molar-refractivity contribution >= 4 is 17.3 Å². The second-order valence-electron chi connectivity index (χ2n) is 5.43. The quantitative estimate of drug-likeness (QED) is 0.911. The third-order valence-corrected chi connectivity index (χ3v) is 4.79. The maximum Gasteiger partial charge on any atom is 0.311 e. The summed E-state index contributed by atoms with van der Waals surface area (Å²) in [5.41, 5.74) is 0.480. The van der Waals surface area contributed by atoms with E-state index in [1.54, 1.807) is 11.3 Å². The van der Waals surface area contributed by atoms with Crippen LogP contribution in [0.4, 0.5) is 0 Å². The minimum atomic E-state index is -0.658. The number of aliphatic carboxylic acids is 1. The fourth-order valence-electron chi connectivity index (χ4n) is 2.65. The minimum Gasteiger partial charge on any atom is -0.481 e. The lowest BCUT2D eigenvalue weighted by molar-refractivity contribution is -0.151. The molecule has 1 aliphatic heterocycles. The zero-order valence-corrected chi connectivity index (χ0v) is 12.0. The lowest BCUT2D eigenvalue weighted by Crippen LogP contribution is -2.39. The van der Waals surface area contributed by atoms with E-state index in [2.05, 4.69) is 15.3 Å². The molecule has 100 valence electrons. The number of carboxylic acids is 1. The van der Waals surface area contributed by atoms with Gasteiger partial charge in [0.25, 0.3) is 0 Å². The molecule has 4 nitrogen and oxygen atoms in total. The van der Waals surface area contributed by atoms with Gasteiger partial charge in [-0.1, -0.05) is 13.8 Å². The standard InChI is InChI=1S/C13H20N2O2S/c1-9(2)13(12(16)17)4-5-15(8-13)6-11-7-18-10(3)14-11/h7,9H,4-6,8H2,1-3H3,(H,16,17). The van der Waals surface area contributed by atoms with Gasteiger partial charge in [-0.3, -0.25) is 9.69 Å². The molecule has 0 aromatic carbocycles. The molecule has 1 aromatic rings. The lowest BCUT2D eigenvalue weighted by atomic mass is 9.76. The molecule has 5 heteroatoms. The highest BCUT2D eigenvalue weighted by Crippen LogP contribution is 2.38. The zero-order chi connectivity index (χ0) is 13.3. The van der Waals surface area contributed by atoms with E-state index in [9.17, 15) is 9.90 Å². The first-order valence-corrected chi connectivity index (χ1v) is 7.19. The van der Waals surface area contributed by atoms with Crippen LogP contribution in [0.1, 0.15) is 31.0 Å². The number of hydrogen-bond acceptors (Lipinski definition) is 4. The second-order valence-corrected chi connectivity index (χ2v) is 6.50. The zero-order valence-electron chi connectivity index (χ0n) is 11.1. The van der Waals surface area contributed by atoms with Gasteiger partial charge >= 0.3 is 5.97 Å². The predicted octanol–water partition coefficient (Wildman–Crippen LogP) is 2.38. The number of carboxylic acid groups (broad SMARTS) is 1. The van der Waals surface area contributed by atoms with Crippen molar-refractivity contribution in [3.05, 3.63) is 16.1 Å². The van der Waals surface area contributed by atoms with Crippen LogP contribution in [0.15, 0.2) is 5.38 Å². The van der Waals surface area contributed by atoms with E-state index in [0.717, 1.165) is 30.2 Å². The van der Waals surface area contributed by atoms with Gasteiger partial charge in [0.2, 0.25) is 0 Å². The number of carbonyl (C=O) groups is 1. The molecule has 18 heavy (non-hydrogen) atoms. The van der Waals surface area contributed by atoms with E-state index >= 15 is 0 Å². The predicted molar refractivity (Wildman–Crippen MR) is 71.7 cm³/mol. The first kappa shape index (κ1) is 13.5. The molecule has 1 unspecified atom stereocenters. The summed E-state index contributed by atoms with van der Waals surface area (Å²) in [6.07, 6.45) is 0.739. The molecule has 1 atom stereocenters. The molecule has 1 fully saturated rings. The number of aromatic nitrogens is 1. The number of thiazole rings is 1. The van der Waals surface area contributed by atoms with Crippen LogP contribution in [0.5, 0.6) is 0 Å². The van der Waals surface area contributed by atoms with Crippen LogP contribution in [0.25, 0.3) is 0 Å².